The number of hydrogen-bond acceptors (Lipinski definition) is 2. The summed E-state index contributed by atoms with van der Waals surface area (Å²) in [4.78, 5) is 1.40. The van der Waals surface area contributed by atoms with E-state index in [4.69, 9.17) is 11.6 Å². The highest BCUT2D eigenvalue weighted by Gasteiger charge is 2.38. The highest BCUT2D eigenvalue weighted by Crippen LogP contribution is 2.44. The average molecular weight is 256 g/mol. The molecule has 1 aromatic rings. The summed E-state index contributed by atoms with van der Waals surface area (Å²) in [6, 6.07) is 4.96. The van der Waals surface area contributed by atoms with E-state index in [1.54, 1.807) is 11.3 Å². The van der Waals surface area contributed by atoms with Crippen LogP contribution in [0.1, 0.15) is 30.6 Å². The minimum atomic E-state index is 0.814. The zero-order valence-electron chi connectivity index (χ0n) is 9.42. The summed E-state index contributed by atoms with van der Waals surface area (Å²) < 4.78 is 0.912. The molecule has 3 atom stereocenters. The third kappa shape index (κ3) is 2.29. The van der Waals surface area contributed by atoms with Crippen LogP contribution in [0.25, 0.3) is 0 Å². The lowest BCUT2D eigenvalue weighted by atomic mass is 9.95. The number of thiophene rings is 1. The molecular formula is C13H18ClNS. The number of hydrogen-bond donors (Lipinski definition) is 1. The summed E-state index contributed by atoms with van der Waals surface area (Å²) in [5.74, 6) is 2.02. The minimum absolute atomic E-state index is 0.814. The topological polar surface area (TPSA) is 12.0 Å². The van der Waals surface area contributed by atoms with Gasteiger partial charge in [0.15, 0.2) is 0 Å². The molecule has 3 rings (SSSR count). The lowest BCUT2D eigenvalue weighted by molar-refractivity contribution is 0.354. The van der Waals surface area contributed by atoms with Gasteiger partial charge in [0.05, 0.1) is 4.34 Å². The molecule has 0 spiro atoms. The largest absolute Gasteiger partial charge is 0.313 e. The third-order valence-corrected chi connectivity index (χ3v) is 5.44. The van der Waals surface area contributed by atoms with E-state index < -0.39 is 0 Å². The molecule has 0 radical (unpaired) electrons. The van der Waals surface area contributed by atoms with Gasteiger partial charge in [-0.2, -0.15) is 0 Å². The van der Waals surface area contributed by atoms with Gasteiger partial charge < -0.3 is 5.32 Å². The van der Waals surface area contributed by atoms with Crippen molar-refractivity contribution in [1.82, 2.24) is 5.32 Å². The Kier molecular flexibility index (Phi) is 3.23. The van der Waals surface area contributed by atoms with Crippen LogP contribution in [0.15, 0.2) is 12.1 Å². The van der Waals surface area contributed by atoms with Gasteiger partial charge in [0, 0.05) is 17.5 Å². The van der Waals surface area contributed by atoms with Crippen molar-refractivity contribution in [3.63, 3.8) is 0 Å². The summed E-state index contributed by atoms with van der Waals surface area (Å²) in [5.41, 5.74) is 0. The molecule has 1 aromatic heterocycles. The molecule has 0 amide bonds. The van der Waals surface area contributed by atoms with Crippen LogP contribution >= 0.6 is 22.9 Å². The molecule has 2 fully saturated rings. The number of rotatable bonds is 4. The van der Waals surface area contributed by atoms with Gasteiger partial charge >= 0.3 is 0 Å². The highest BCUT2D eigenvalue weighted by atomic mass is 35.5. The van der Waals surface area contributed by atoms with E-state index >= 15 is 0 Å². The van der Waals surface area contributed by atoms with E-state index in [1.807, 2.05) is 6.07 Å². The zero-order chi connectivity index (χ0) is 11.0. The van der Waals surface area contributed by atoms with Crippen LogP contribution in [0.4, 0.5) is 0 Å². The van der Waals surface area contributed by atoms with Crippen molar-refractivity contribution in [2.45, 2.75) is 38.1 Å². The molecule has 2 bridgehead atoms. The Balaban J connectivity index is 1.44. The molecule has 1 nitrogen and oxygen atoms in total. The molecule has 2 aliphatic rings. The Hall–Kier alpha value is -0.0500. The predicted molar refractivity (Wildman–Crippen MR) is 70.3 cm³/mol. The maximum absolute atomic E-state index is 5.92. The fraction of sp³-hybridized carbons (Fsp3) is 0.692. The van der Waals surface area contributed by atoms with E-state index in [2.05, 4.69) is 11.4 Å². The van der Waals surface area contributed by atoms with Crippen LogP contribution in [-0.4, -0.2) is 12.6 Å². The van der Waals surface area contributed by atoms with Crippen LogP contribution in [0.3, 0.4) is 0 Å². The molecule has 1 heterocycles. The van der Waals surface area contributed by atoms with Crippen LogP contribution in [0.2, 0.25) is 4.34 Å². The lowest BCUT2D eigenvalue weighted by Crippen LogP contribution is -2.35. The highest BCUT2D eigenvalue weighted by molar-refractivity contribution is 7.16. The predicted octanol–water partition coefficient (Wildman–Crippen LogP) is 3.72. The second kappa shape index (κ2) is 4.67. The van der Waals surface area contributed by atoms with E-state index in [-0.39, 0.29) is 0 Å². The fourth-order valence-electron chi connectivity index (χ4n) is 3.36. The second-order valence-corrected chi connectivity index (χ2v) is 6.99. The Labute approximate surface area is 106 Å². The standard InChI is InChI=1S/C13H18ClNS/c14-13-4-3-11(16-13)5-6-15-12-8-9-1-2-10(12)7-9/h3-4,9-10,12,15H,1-2,5-8H2. The van der Waals surface area contributed by atoms with Crippen molar-refractivity contribution in [2.24, 2.45) is 11.8 Å². The maximum Gasteiger partial charge on any atom is 0.0931 e. The monoisotopic (exact) mass is 255 g/mol. The van der Waals surface area contributed by atoms with Gasteiger partial charge in [-0.25, -0.2) is 0 Å². The van der Waals surface area contributed by atoms with Gasteiger partial charge in [0.1, 0.15) is 0 Å². The number of nitrogens with one attached hydrogen (secondary N) is 1. The fourth-order valence-corrected chi connectivity index (χ4v) is 4.45. The summed E-state index contributed by atoms with van der Waals surface area (Å²) in [7, 11) is 0. The molecule has 0 aliphatic heterocycles. The molecule has 88 valence electrons. The maximum atomic E-state index is 5.92. The minimum Gasteiger partial charge on any atom is -0.313 e. The van der Waals surface area contributed by atoms with Crippen molar-refractivity contribution in [3.05, 3.63) is 21.3 Å². The number of halogens is 1. The van der Waals surface area contributed by atoms with Gasteiger partial charge in [-0.1, -0.05) is 18.0 Å². The van der Waals surface area contributed by atoms with E-state index in [0.717, 1.165) is 35.2 Å². The van der Waals surface area contributed by atoms with Crippen molar-refractivity contribution in [3.8, 4) is 0 Å². The van der Waals surface area contributed by atoms with E-state index in [0.29, 0.717) is 0 Å². The normalized spacial score (nSPS) is 32.4. The molecule has 2 saturated carbocycles. The zero-order valence-corrected chi connectivity index (χ0v) is 11.0. The van der Waals surface area contributed by atoms with Gasteiger partial charge in [-0.15, -0.1) is 11.3 Å². The first-order valence-electron chi connectivity index (χ1n) is 6.29. The van der Waals surface area contributed by atoms with Crippen LogP contribution < -0.4 is 5.32 Å². The van der Waals surface area contributed by atoms with Crippen LogP contribution in [0.5, 0.6) is 0 Å². The molecule has 3 heteroatoms. The van der Waals surface area contributed by atoms with E-state index in [9.17, 15) is 0 Å². The number of fused-ring (bicyclic) bond motifs is 2. The van der Waals surface area contributed by atoms with Gasteiger partial charge in [-0.3, -0.25) is 0 Å². The van der Waals surface area contributed by atoms with E-state index in [1.165, 1.54) is 30.6 Å². The smallest absolute Gasteiger partial charge is 0.0931 e. The Morgan fingerprint density at radius 1 is 1.31 bits per heavy atom. The molecule has 16 heavy (non-hydrogen) atoms. The van der Waals surface area contributed by atoms with Gasteiger partial charge in [0.2, 0.25) is 0 Å². The Morgan fingerprint density at radius 2 is 2.25 bits per heavy atom. The lowest BCUT2D eigenvalue weighted by Gasteiger charge is -2.22. The summed E-state index contributed by atoms with van der Waals surface area (Å²) in [6.45, 7) is 1.12. The molecule has 0 saturated heterocycles. The van der Waals surface area contributed by atoms with Crippen molar-refractivity contribution < 1.29 is 0 Å². The Bertz CT molecular complexity index is 363. The average Bonchev–Trinajstić information content (AvgIpc) is 2.94. The molecule has 2 aliphatic carbocycles. The van der Waals surface area contributed by atoms with Crippen molar-refractivity contribution in [2.75, 3.05) is 6.54 Å². The van der Waals surface area contributed by atoms with Gasteiger partial charge in [-0.05, 0) is 49.7 Å². The molecule has 3 unspecified atom stereocenters. The van der Waals surface area contributed by atoms with Crippen LogP contribution in [0, 0.1) is 11.8 Å². The van der Waals surface area contributed by atoms with Crippen molar-refractivity contribution in [1.29, 1.82) is 0 Å². The van der Waals surface area contributed by atoms with Crippen LogP contribution in [-0.2, 0) is 6.42 Å². The molecule has 1 N–H and O–H groups in total. The second-order valence-electron chi connectivity index (χ2n) is 5.19. The SMILES string of the molecule is Clc1ccc(CCNC2CC3CCC2C3)s1. The first-order valence-corrected chi connectivity index (χ1v) is 7.48. The quantitative estimate of drug-likeness (QED) is 0.865. The summed E-state index contributed by atoms with van der Waals surface area (Å²) in [6.07, 6.45) is 7.00. The molecular weight excluding hydrogens is 238 g/mol. The van der Waals surface area contributed by atoms with Crippen molar-refractivity contribution >= 4 is 22.9 Å². The third-order valence-electron chi connectivity index (χ3n) is 4.14. The summed E-state index contributed by atoms with van der Waals surface area (Å²) in [5, 5.41) is 3.73. The first-order chi connectivity index (χ1) is 7.81. The first kappa shape index (κ1) is 11.1. The summed E-state index contributed by atoms with van der Waals surface area (Å²) >= 11 is 7.63. The van der Waals surface area contributed by atoms with Gasteiger partial charge in [0.25, 0.3) is 0 Å². The Morgan fingerprint density at radius 3 is 2.88 bits per heavy atom. The molecule has 0 aromatic carbocycles.